The van der Waals surface area contributed by atoms with Gasteiger partial charge in [0.05, 0.1) is 7.11 Å². The van der Waals surface area contributed by atoms with Crippen LogP contribution in [0, 0.1) is 0 Å². The molecule has 4 nitrogen and oxygen atoms in total. The molecule has 0 atom stereocenters. The van der Waals surface area contributed by atoms with Crippen molar-refractivity contribution in [2.45, 2.75) is 0 Å². The zero-order chi connectivity index (χ0) is 14.5. The van der Waals surface area contributed by atoms with Crippen molar-refractivity contribution in [2.24, 2.45) is 0 Å². The van der Waals surface area contributed by atoms with Gasteiger partial charge in [0.25, 0.3) is 0 Å². The topological polar surface area (TPSA) is 47.0 Å². The standard InChI is InChI=1S/C17H15N3O/c1-21-16-9-7-15(8-10-16)20-17-18-11-14(12-19-17)13-5-3-2-4-6-13/h2-12H,1H3,(H,18,19,20). The zero-order valence-corrected chi connectivity index (χ0v) is 11.7. The molecule has 0 aliphatic heterocycles. The van der Waals surface area contributed by atoms with Gasteiger partial charge in [-0.05, 0) is 29.8 Å². The molecule has 0 amide bonds. The van der Waals surface area contributed by atoms with E-state index in [1.807, 2.05) is 67.0 Å². The Morgan fingerprint density at radius 2 is 1.48 bits per heavy atom. The van der Waals surface area contributed by atoms with E-state index in [0.717, 1.165) is 22.6 Å². The van der Waals surface area contributed by atoms with Crippen LogP contribution in [0.2, 0.25) is 0 Å². The molecule has 0 aliphatic rings. The van der Waals surface area contributed by atoms with Crippen LogP contribution >= 0.6 is 0 Å². The number of ether oxygens (including phenoxy) is 1. The number of benzene rings is 2. The summed E-state index contributed by atoms with van der Waals surface area (Å²) < 4.78 is 5.13. The van der Waals surface area contributed by atoms with Gasteiger partial charge in [0.1, 0.15) is 5.75 Å². The van der Waals surface area contributed by atoms with E-state index in [1.54, 1.807) is 7.11 Å². The summed E-state index contributed by atoms with van der Waals surface area (Å²) in [4.78, 5) is 8.68. The third-order valence-corrected chi connectivity index (χ3v) is 3.11. The predicted molar refractivity (Wildman–Crippen MR) is 83.7 cm³/mol. The van der Waals surface area contributed by atoms with Gasteiger partial charge in [-0.3, -0.25) is 0 Å². The Morgan fingerprint density at radius 1 is 0.810 bits per heavy atom. The highest BCUT2D eigenvalue weighted by Crippen LogP contribution is 2.20. The number of nitrogens with one attached hydrogen (secondary N) is 1. The molecule has 0 bridgehead atoms. The summed E-state index contributed by atoms with van der Waals surface area (Å²) in [5.41, 5.74) is 3.02. The number of methoxy groups -OCH3 is 1. The van der Waals surface area contributed by atoms with Gasteiger partial charge in [0, 0.05) is 23.6 Å². The lowest BCUT2D eigenvalue weighted by Crippen LogP contribution is -1.96. The lowest BCUT2D eigenvalue weighted by molar-refractivity contribution is 0.415. The fraction of sp³-hybridized carbons (Fsp3) is 0.0588. The van der Waals surface area contributed by atoms with Crippen molar-refractivity contribution in [1.82, 2.24) is 9.97 Å². The molecule has 0 saturated heterocycles. The molecule has 3 rings (SSSR count). The molecule has 104 valence electrons. The number of rotatable bonds is 4. The minimum atomic E-state index is 0.569. The maximum Gasteiger partial charge on any atom is 0.227 e. The zero-order valence-electron chi connectivity index (χ0n) is 11.7. The Hall–Kier alpha value is -2.88. The average Bonchev–Trinajstić information content (AvgIpc) is 2.57. The first-order valence-corrected chi connectivity index (χ1v) is 6.64. The molecule has 0 unspecified atom stereocenters. The highest BCUT2D eigenvalue weighted by Gasteiger charge is 2.01. The fourth-order valence-corrected chi connectivity index (χ4v) is 1.98. The Bertz CT molecular complexity index is 694. The smallest absolute Gasteiger partial charge is 0.227 e. The molecule has 3 aromatic rings. The van der Waals surface area contributed by atoms with Gasteiger partial charge >= 0.3 is 0 Å². The molecule has 2 aromatic carbocycles. The summed E-state index contributed by atoms with van der Waals surface area (Å²) in [7, 11) is 1.65. The molecule has 0 spiro atoms. The molecule has 0 fully saturated rings. The molecule has 0 radical (unpaired) electrons. The van der Waals surface area contributed by atoms with E-state index in [1.165, 1.54) is 0 Å². The molecule has 1 aromatic heterocycles. The van der Waals surface area contributed by atoms with Crippen LogP contribution in [0.5, 0.6) is 5.75 Å². The molecular weight excluding hydrogens is 262 g/mol. The van der Waals surface area contributed by atoms with Gasteiger partial charge in [0.15, 0.2) is 0 Å². The quantitative estimate of drug-likeness (QED) is 0.785. The van der Waals surface area contributed by atoms with Crippen LogP contribution in [0.3, 0.4) is 0 Å². The minimum Gasteiger partial charge on any atom is -0.497 e. The van der Waals surface area contributed by atoms with Crippen molar-refractivity contribution in [1.29, 1.82) is 0 Å². The van der Waals surface area contributed by atoms with Crippen LogP contribution in [-0.4, -0.2) is 17.1 Å². The summed E-state index contributed by atoms with van der Waals surface area (Å²) >= 11 is 0. The van der Waals surface area contributed by atoms with E-state index >= 15 is 0 Å². The third kappa shape index (κ3) is 3.17. The van der Waals surface area contributed by atoms with Crippen LogP contribution in [0.25, 0.3) is 11.1 Å². The van der Waals surface area contributed by atoms with E-state index in [9.17, 15) is 0 Å². The highest BCUT2D eigenvalue weighted by molar-refractivity contribution is 5.62. The molecule has 21 heavy (non-hydrogen) atoms. The number of hydrogen-bond acceptors (Lipinski definition) is 4. The van der Waals surface area contributed by atoms with Gasteiger partial charge in [-0.1, -0.05) is 30.3 Å². The summed E-state index contributed by atoms with van der Waals surface area (Å²) in [6, 6.07) is 17.7. The molecule has 1 heterocycles. The first-order chi connectivity index (χ1) is 10.3. The summed E-state index contributed by atoms with van der Waals surface area (Å²) in [5, 5.41) is 3.16. The van der Waals surface area contributed by atoms with Crippen molar-refractivity contribution in [3.05, 3.63) is 67.0 Å². The van der Waals surface area contributed by atoms with Crippen molar-refractivity contribution in [3.63, 3.8) is 0 Å². The fourth-order valence-electron chi connectivity index (χ4n) is 1.98. The number of hydrogen-bond donors (Lipinski definition) is 1. The first-order valence-electron chi connectivity index (χ1n) is 6.64. The second-order valence-corrected chi connectivity index (χ2v) is 4.51. The van der Waals surface area contributed by atoms with Crippen molar-refractivity contribution >= 4 is 11.6 Å². The SMILES string of the molecule is COc1ccc(Nc2ncc(-c3ccccc3)cn2)cc1. The van der Waals surface area contributed by atoms with Crippen molar-refractivity contribution in [2.75, 3.05) is 12.4 Å². The minimum absolute atomic E-state index is 0.569. The maximum absolute atomic E-state index is 5.13. The van der Waals surface area contributed by atoms with Crippen LogP contribution in [-0.2, 0) is 0 Å². The lowest BCUT2D eigenvalue weighted by Gasteiger charge is -2.06. The Morgan fingerprint density at radius 3 is 2.10 bits per heavy atom. The van der Waals surface area contributed by atoms with Crippen LogP contribution in [0.15, 0.2) is 67.0 Å². The Labute approximate surface area is 123 Å². The third-order valence-electron chi connectivity index (χ3n) is 3.11. The van der Waals surface area contributed by atoms with Gasteiger partial charge < -0.3 is 10.1 Å². The normalized spacial score (nSPS) is 10.1. The summed E-state index contributed by atoms with van der Waals surface area (Å²) in [6.07, 6.45) is 3.63. The molecule has 0 aliphatic carbocycles. The monoisotopic (exact) mass is 277 g/mol. The van der Waals surface area contributed by atoms with E-state index in [0.29, 0.717) is 5.95 Å². The maximum atomic E-state index is 5.13. The van der Waals surface area contributed by atoms with E-state index in [4.69, 9.17) is 4.74 Å². The Kier molecular flexibility index (Phi) is 3.78. The van der Waals surface area contributed by atoms with Crippen molar-refractivity contribution < 1.29 is 4.74 Å². The van der Waals surface area contributed by atoms with E-state index in [-0.39, 0.29) is 0 Å². The molecule has 4 heteroatoms. The highest BCUT2D eigenvalue weighted by atomic mass is 16.5. The average molecular weight is 277 g/mol. The Balaban J connectivity index is 1.75. The van der Waals surface area contributed by atoms with Crippen LogP contribution in [0.1, 0.15) is 0 Å². The summed E-state index contributed by atoms with van der Waals surface area (Å²) in [5.74, 6) is 1.39. The number of aromatic nitrogens is 2. The predicted octanol–water partition coefficient (Wildman–Crippen LogP) is 3.90. The van der Waals surface area contributed by atoms with Crippen molar-refractivity contribution in [3.8, 4) is 16.9 Å². The van der Waals surface area contributed by atoms with Gasteiger partial charge in [0.2, 0.25) is 5.95 Å². The van der Waals surface area contributed by atoms with Gasteiger partial charge in [-0.15, -0.1) is 0 Å². The van der Waals surface area contributed by atoms with E-state index < -0.39 is 0 Å². The van der Waals surface area contributed by atoms with E-state index in [2.05, 4.69) is 15.3 Å². The second kappa shape index (κ2) is 6.05. The molecule has 0 saturated carbocycles. The largest absolute Gasteiger partial charge is 0.497 e. The summed E-state index contributed by atoms with van der Waals surface area (Å²) in [6.45, 7) is 0. The number of anilines is 2. The number of nitrogens with zero attached hydrogens (tertiary/aromatic N) is 2. The molecule has 1 N–H and O–H groups in total. The van der Waals surface area contributed by atoms with Gasteiger partial charge in [-0.2, -0.15) is 0 Å². The first kappa shape index (κ1) is 13.1. The second-order valence-electron chi connectivity index (χ2n) is 4.51. The van der Waals surface area contributed by atoms with Crippen LogP contribution in [0.4, 0.5) is 11.6 Å². The van der Waals surface area contributed by atoms with Gasteiger partial charge in [-0.25, -0.2) is 9.97 Å². The lowest BCUT2D eigenvalue weighted by atomic mass is 10.1. The van der Waals surface area contributed by atoms with Crippen LogP contribution < -0.4 is 10.1 Å². The molecular formula is C17H15N3O.